The highest BCUT2D eigenvalue weighted by Gasteiger charge is 2.11. The number of aryl methyl sites for hydroxylation is 2. The summed E-state index contributed by atoms with van der Waals surface area (Å²) in [5, 5.41) is 0. The van der Waals surface area contributed by atoms with Crippen molar-refractivity contribution in [3.05, 3.63) is 47.0 Å². The van der Waals surface area contributed by atoms with E-state index in [0.29, 0.717) is 13.2 Å². The summed E-state index contributed by atoms with van der Waals surface area (Å²) in [4.78, 5) is 7.51. The smallest absolute Gasteiger partial charge is 0.146 e. The van der Waals surface area contributed by atoms with Gasteiger partial charge in [0.25, 0.3) is 0 Å². The van der Waals surface area contributed by atoms with E-state index in [1.54, 1.807) is 0 Å². The minimum Gasteiger partial charge on any atom is -0.486 e. The van der Waals surface area contributed by atoms with Crippen LogP contribution in [0.3, 0.4) is 0 Å². The Bertz CT molecular complexity index is 562. The fourth-order valence-electron chi connectivity index (χ4n) is 2.55. The molecule has 2 aromatic rings. The Morgan fingerprint density at radius 2 is 2.16 bits per heavy atom. The molecule has 4 heteroatoms. The second kappa shape index (κ2) is 5.45. The fourth-order valence-corrected chi connectivity index (χ4v) is 2.55. The van der Waals surface area contributed by atoms with Crippen molar-refractivity contribution >= 4 is 0 Å². The lowest BCUT2D eigenvalue weighted by molar-refractivity contribution is 0.296. The molecule has 1 aromatic carbocycles. The number of H-pyrrole nitrogens is 1. The minimum absolute atomic E-state index is 0.476. The first-order chi connectivity index (χ1) is 9.35. The second-order valence-electron chi connectivity index (χ2n) is 4.97. The Morgan fingerprint density at radius 1 is 1.26 bits per heavy atom. The van der Waals surface area contributed by atoms with Crippen LogP contribution >= 0.6 is 0 Å². The van der Waals surface area contributed by atoms with Gasteiger partial charge >= 0.3 is 0 Å². The molecule has 1 aromatic heterocycles. The number of aromatic nitrogens is 2. The second-order valence-corrected chi connectivity index (χ2v) is 4.97. The van der Waals surface area contributed by atoms with Crippen LogP contribution in [0.5, 0.6) is 5.75 Å². The molecule has 4 nitrogen and oxygen atoms in total. The van der Waals surface area contributed by atoms with E-state index in [-0.39, 0.29) is 0 Å². The number of rotatable bonds is 5. The summed E-state index contributed by atoms with van der Waals surface area (Å²) in [6, 6.07) is 6.39. The molecular formula is C15H19N3O. The van der Waals surface area contributed by atoms with E-state index >= 15 is 0 Å². The van der Waals surface area contributed by atoms with E-state index in [0.717, 1.165) is 23.7 Å². The highest BCUT2D eigenvalue weighted by Crippen LogP contribution is 2.26. The lowest BCUT2D eigenvalue weighted by Crippen LogP contribution is -2.03. The molecule has 100 valence electrons. The number of hydrogen-bond donors (Lipinski definition) is 2. The van der Waals surface area contributed by atoms with Crippen molar-refractivity contribution < 1.29 is 4.74 Å². The third-order valence-corrected chi connectivity index (χ3v) is 3.54. The molecule has 0 aliphatic heterocycles. The maximum absolute atomic E-state index is 5.78. The predicted octanol–water partition coefficient (Wildman–Crippen LogP) is 1.98. The number of nitrogens with zero attached hydrogens (tertiary/aromatic N) is 1. The van der Waals surface area contributed by atoms with Gasteiger partial charge in [0.1, 0.15) is 18.2 Å². The van der Waals surface area contributed by atoms with Gasteiger partial charge in [0.2, 0.25) is 0 Å². The van der Waals surface area contributed by atoms with Crippen molar-refractivity contribution in [3.63, 3.8) is 0 Å². The van der Waals surface area contributed by atoms with Crippen LogP contribution in [0.1, 0.15) is 29.1 Å². The molecule has 1 heterocycles. The summed E-state index contributed by atoms with van der Waals surface area (Å²) >= 11 is 0. The van der Waals surface area contributed by atoms with Crippen molar-refractivity contribution in [1.29, 1.82) is 0 Å². The number of imidazole rings is 1. The van der Waals surface area contributed by atoms with E-state index in [9.17, 15) is 0 Å². The van der Waals surface area contributed by atoms with Crippen LogP contribution < -0.4 is 10.5 Å². The summed E-state index contributed by atoms with van der Waals surface area (Å²) in [6.07, 6.45) is 6.30. The Labute approximate surface area is 113 Å². The summed E-state index contributed by atoms with van der Waals surface area (Å²) < 4.78 is 5.78. The van der Waals surface area contributed by atoms with Gasteiger partial charge in [-0.05, 0) is 49.1 Å². The van der Waals surface area contributed by atoms with Crippen LogP contribution in [0.2, 0.25) is 0 Å². The van der Waals surface area contributed by atoms with Gasteiger partial charge < -0.3 is 15.5 Å². The topological polar surface area (TPSA) is 63.9 Å². The number of nitrogens with two attached hydrogens (primary N) is 1. The van der Waals surface area contributed by atoms with E-state index in [2.05, 4.69) is 22.1 Å². The maximum Gasteiger partial charge on any atom is 0.146 e. The van der Waals surface area contributed by atoms with E-state index in [4.69, 9.17) is 10.5 Å². The van der Waals surface area contributed by atoms with Crippen LogP contribution in [-0.2, 0) is 25.9 Å². The quantitative estimate of drug-likeness (QED) is 0.861. The maximum atomic E-state index is 5.78. The Morgan fingerprint density at radius 3 is 3.05 bits per heavy atom. The summed E-state index contributed by atoms with van der Waals surface area (Å²) in [7, 11) is 0. The van der Waals surface area contributed by atoms with Gasteiger partial charge in [0, 0.05) is 18.3 Å². The molecule has 1 aliphatic carbocycles. The lowest BCUT2D eigenvalue weighted by atomic mass is 10.1. The molecule has 0 fully saturated rings. The first kappa shape index (κ1) is 12.2. The van der Waals surface area contributed by atoms with Gasteiger partial charge in [0.15, 0.2) is 0 Å². The zero-order valence-electron chi connectivity index (χ0n) is 11.0. The van der Waals surface area contributed by atoms with Gasteiger partial charge in [0.05, 0.1) is 0 Å². The highest BCUT2D eigenvalue weighted by atomic mass is 16.5. The fraction of sp³-hybridized carbons (Fsp3) is 0.400. The first-order valence-electron chi connectivity index (χ1n) is 6.82. The molecule has 0 saturated heterocycles. The van der Waals surface area contributed by atoms with Crippen molar-refractivity contribution in [1.82, 2.24) is 9.97 Å². The number of ether oxygens (including phenoxy) is 1. The molecule has 0 spiro atoms. The van der Waals surface area contributed by atoms with Crippen molar-refractivity contribution in [2.75, 3.05) is 6.54 Å². The Kier molecular flexibility index (Phi) is 3.51. The standard InChI is InChI=1S/C15H19N3O/c16-7-6-13-9-17-15(18-13)10-19-14-5-4-11-2-1-3-12(11)8-14/h4-5,8-9H,1-3,6-7,10,16H2,(H,17,18). The SMILES string of the molecule is NCCc1cnc(COc2ccc3c(c2)CCC3)[nH]1. The predicted molar refractivity (Wildman–Crippen MR) is 74.1 cm³/mol. The summed E-state index contributed by atoms with van der Waals surface area (Å²) in [6.45, 7) is 1.11. The van der Waals surface area contributed by atoms with Gasteiger partial charge in [-0.25, -0.2) is 4.98 Å². The minimum atomic E-state index is 0.476. The number of nitrogens with one attached hydrogen (secondary N) is 1. The highest BCUT2D eigenvalue weighted by molar-refractivity contribution is 5.38. The van der Waals surface area contributed by atoms with Crippen LogP contribution in [0.4, 0.5) is 0 Å². The van der Waals surface area contributed by atoms with E-state index in [1.807, 2.05) is 12.3 Å². The third-order valence-electron chi connectivity index (χ3n) is 3.54. The van der Waals surface area contributed by atoms with Crippen molar-refractivity contribution in [2.24, 2.45) is 5.73 Å². The average Bonchev–Trinajstić information content (AvgIpc) is 3.04. The Balaban J connectivity index is 1.62. The van der Waals surface area contributed by atoms with E-state index < -0.39 is 0 Å². The molecular weight excluding hydrogens is 238 g/mol. The lowest BCUT2D eigenvalue weighted by Gasteiger charge is -2.06. The molecule has 0 amide bonds. The van der Waals surface area contributed by atoms with Gasteiger partial charge in [-0.15, -0.1) is 0 Å². The zero-order valence-corrected chi connectivity index (χ0v) is 11.0. The molecule has 0 bridgehead atoms. The molecule has 0 atom stereocenters. The van der Waals surface area contributed by atoms with Gasteiger partial charge in [-0.3, -0.25) is 0 Å². The third kappa shape index (κ3) is 2.79. The number of benzene rings is 1. The molecule has 19 heavy (non-hydrogen) atoms. The number of aromatic amines is 1. The zero-order chi connectivity index (χ0) is 13.1. The van der Waals surface area contributed by atoms with Crippen LogP contribution in [0, 0.1) is 0 Å². The molecule has 0 saturated carbocycles. The van der Waals surface area contributed by atoms with Crippen LogP contribution in [0.25, 0.3) is 0 Å². The monoisotopic (exact) mass is 257 g/mol. The largest absolute Gasteiger partial charge is 0.486 e. The normalized spacial score (nSPS) is 13.5. The van der Waals surface area contributed by atoms with Crippen LogP contribution in [-0.4, -0.2) is 16.5 Å². The summed E-state index contributed by atoms with van der Waals surface area (Å²) in [5.41, 5.74) is 9.47. The molecule has 0 unspecified atom stereocenters. The van der Waals surface area contributed by atoms with Gasteiger partial charge in [-0.2, -0.15) is 0 Å². The number of hydrogen-bond acceptors (Lipinski definition) is 3. The molecule has 1 aliphatic rings. The van der Waals surface area contributed by atoms with Crippen molar-refractivity contribution in [2.45, 2.75) is 32.3 Å². The molecule has 3 N–H and O–H groups in total. The number of fused-ring (bicyclic) bond motifs is 1. The van der Waals surface area contributed by atoms with Crippen LogP contribution in [0.15, 0.2) is 24.4 Å². The molecule has 0 radical (unpaired) electrons. The average molecular weight is 257 g/mol. The molecule has 3 rings (SSSR count). The Hall–Kier alpha value is -1.81. The first-order valence-corrected chi connectivity index (χ1v) is 6.82. The van der Waals surface area contributed by atoms with E-state index in [1.165, 1.54) is 30.4 Å². The summed E-state index contributed by atoms with van der Waals surface area (Å²) in [5.74, 6) is 1.78. The van der Waals surface area contributed by atoms with Gasteiger partial charge in [-0.1, -0.05) is 6.07 Å². The van der Waals surface area contributed by atoms with Crippen molar-refractivity contribution in [3.8, 4) is 5.75 Å².